The van der Waals surface area contributed by atoms with Crippen LogP contribution in [0.15, 0.2) is 0 Å². The third-order valence-corrected chi connectivity index (χ3v) is 2.55. The fourth-order valence-electron chi connectivity index (χ4n) is 0.915. The first-order chi connectivity index (χ1) is 7.10. The van der Waals surface area contributed by atoms with Gasteiger partial charge in [-0.3, -0.25) is 0 Å². The molecule has 0 bridgehead atoms. The van der Waals surface area contributed by atoms with Gasteiger partial charge in [-0.05, 0) is 12.8 Å². The van der Waals surface area contributed by atoms with Gasteiger partial charge in [-0.1, -0.05) is 13.8 Å². The fourth-order valence-corrected chi connectivity index (χ4v) is 0.915. The van der Waals surface area contributed by atoms with Crippen LogP contribution in [0.4, 0.5) is 18.0 Å². The van der Waals surface area contributed by atoms with E-state index in [9.17, 15) is 18.0 Å². The Morgan fingerprint density at radius 3 is 2.19 bits per heavy atom. The molecule has 0 aromatic heterocycles. The second kappa shape index (κ2) is 5.38. The molecule has 0 aliphatic heterocycles. The average Bonchev–Trinajstić information content (AvgIpc) is 2.13. The maximum absolute atomic E-state index is 11.8. The summed E-state index contributed by atoms with van der Waals surface area (Å²) in [5.74, 6) is 0.0223. The highest BCUT2D eigenvalue weighted by Crippen LogP contribution is 2.15. The summed E-state index contributed by atoms with van der Waals surface area (Å²) in [6.07, 6.45) is -4.41. The van der Waals surface area contributed by atoms with Crippen molar-refractivity contribution < 1.29 is 18.0 Å². The number of carbonyl (C=O) groups is 1. The monoisotopic (exact) mass is 241 g/mol. The van der Waals surface area contributed by atoms with Gasteiger partial charge < -0.3 is 16.4 Å². The van der Waals surface area contributed by atoms with Crippen LogP contribution in [0.5, 0.6) is 0 Å². The van der Waals surface area contributed by atoms with Crippen molar-refractivity contribution in [2.75, 3.05) is 13.1 Å². The molecule has 4 N–H and O–H groups in total. The molecule has 0 saturated heterocycles. The van der Waals surface area contributed by atoms with E-state index < -0.39 is 24.3 Å². The van der Waals surface area contributed by atoms with Crippen LogP contribution in [0.1, 0.15) is 20.8 Å². The van der Waals surface area contributed by atoms with Gasteiger partial charge in [0.1, 0.15) is 6.54 Å². The molecule has 0 saturated carbocycles. The Kier molecular flexibility index (Phi) is 5.05. The molecule has 0 fully saturated rings. The normalized spacial score (nSPS) is 15.8. The van der Waals surface area contributed by atoms with Crippen LogP contribution < -0.4 is 16.4 Å². The molecule has 0 spiro atoms. The van der Waals surface area contributed by atoms with Crippen LogP contribution >= 0.6 is 0 Å². The fraction of sp³-hybridized carbons (Fsp3) is 0.889. The van der Waals surface area contributed by atoms with Gasteiger partial charge >= 0.3 is 12.2 Å². The minimum absolute atomic E-state index is 0.0223. The van der Waals surface area contributed by atoms with Crippen LogP contribution in [-0.2, 0) is 0 Å². The summed E-state index contributed by atoms with van der Waals surface area (Å²) in [4.78, 5) is 11.2. The smallest absolute Gasteiger partial charge is 0.331 e. The number of nitrogens with two attached hydrogens (primary N) is 1. The molecule has 96 valence electrons. The third kappa shape index (κ3) is 5.20. The molecule has 16 heavy (non-hydrogen) atoms. The Bertz CT molecular complexity index is 243. The summed E-state index contributed by atoms with van der Waals surface area (Å²) in [5, 5.41) is 4.18. The van der Waals surface area contributed by atoms with Gasteiger partial charge in [0.2, 0.25) is 0 Å². The highest BCUT2D eigenvalue weighted by Gasteiger charge is 2.31. The number of nitrogens with one attached hydrogen (secondary N) is 2. The first kappa shape index (κ1) is 15.0. The molecule has 0 aliphatic carbocycles. The van der Waals surface area contributed by atoms with E-state index in [1.807, 2.05) is 13.8 Å². The number of amides is 2. The van der Waals surface area contributed by atoms with Crippen molar-refractivity contribution in [2.24, 2.45) is 11.7 Å². The number of hydrogen-bond donors (Lipinski definition) is 3. The zero-order valence-electron chi connectivity index (χ0n) is 9.61. The van der Waals surface area contributed by atoms with E-state index in [0.29, 0.717) is 0 Å². The zero-order valence-corrected chi connectivity index (χ0v) is 9.61. The largest absolute Gasteiger partial charge is 0.405 e. The zero-order chi connectivity index (χ0) is 13.0. The Morgan fingerprint density at radius 2 is 1.88 bits per heavy atom. The number of halogens is 3. The second-order valence-electron chi connectivity index (χ2n) is 4.20. The summed E-state index contributed by atoms with van der Waals surface area (Å²) >= 11 is 0. The van der Waals surface area contributed by atoms with E-state index in [1.54, 1.807) is 12.2 Å². The lowest BCUT2D eigenvalue weighted by molar-refractivity contribution is -0.122. The van der Waals surface area contributed by atoms with Crippen LogP contribution in [-0.4, -0.2) is 30.8 Å². The van der Waals surface area contributed by atoms with Gasteiger partial charge in [0.25, 0.3) is 0 Å². The second-order valence-corrected chi connectivity index (χ2v) is 4.20. The number of urea groups is 1. The van der Waals surface area contributed by atoms with Crippen LogP contribution in [0.25, 0.3) is 0 Å². The molecule has 4 nitrogen and oxygen atoms in total. The molecule has 0 rings (SSSR count). The quantitative estimate of drug-likeness (QED) is 0.692. The number of alkyl halides is 3. The Labute approximate surface area is 92.8 Å². The molecule has 0 aromatic rings. The minimum atomic E-state index is -4.41. The van der Waals surface area contributed by atoms with E-state index in [4.69, 9.17) is 5.73 Å². The van der Waals surface area contributed by atoms with Gasteiger partial charge in [-0.25, -0.2) is 4.79 Å². The van der Waals surface area contributed by atoms with Crippen molar-refractivity contribution in [1.82, 2.24) is 10.6 Å². The first-order valence-electron chi connectivity index (χ1n) is 4.93. The SMILES string of the molecule is CC(C)C(C)(CN)NC(=O)NCC(F)(F)F. The molecule has 0 radical (unpaired) electrons. The summed E-state index contributed by atoms with van der Waals surface area (Å²) in [6.45, 7) is 4.15. The van der Waals surface area contributed by atoms with Crippen molar-refractivity contribution in [3.8, 4) is 0 Å². The van der Waals surface area contributed by atoms with E-state index >= 15 is 0 Å². The molecule has 2 amide bonds. The van der Waals surface area contributed by atoms with E-state index in [2.05, 4.69) is 5.32 Å². The molecule has 1 atom stereocenters. The standard InChI is InChI=1S/C9H18F3N3O/c1-6(2)8(3,4-13)15-7(16)14-5-9(10,11)12/h6H,4-5,13H2,1-3H3,(H2,14,15,16). The van der Waals surface area contributed by atoms with Crippen molar-refractivity contribution >= 4 is 6.03 Å². The number of rotatable bonds is 4. The molecule has 7 heteroatoms. The van der Waals surface area contributed by atoms with Crippen molar-refractivity contribution in [2.45, 2.75) is 32.5 Å². The summed E-state index contributed by atoms with van der Waals surface area (Å²) in [6, 6.07) is -0.862. The van der Waals surface area contributed by atoms with Crippen LogP contribution in [0, 0.1) is 5.92 Å². The Hall–Kier alpha value is -0.980. The first-order valence-corrected chi connectivity index (χ1v) is 4.93. The van der Waals surface area contributed by atoms with Crippen LogP contribution in [0.3, 0.4) is 0 Å². The Morgan fingerprint density at radius 1 is 1.38 bits per heavy atom. The van der Waals surface area contributed by atoms with E-state index in [1.165, 1.54) is 0 Å². The predicted octanol–water partition coefficient (Wildman–Crippen LogP) is 1.22. The van der Waals surface area contributed by atoms with Crippen molar-refractivity contribution in [1.29, 1.82) is 0 Å². The molecular weight excluding hydrogens is 223 g/mol. The summed E-state index contributed by atoms with van der Waals surface area (Å²) in [7, 11) is 0. The van der Waals surface area contributed by atoms with Crippen molar-refractivity contribution in [3.63, 3.8) is 0 Å². The molecule has 0 aromatic carbocycles. The molecular formula is C9H18F3N3O. The third-order valence-electron chi connectivity index (χ3n) is 2.55. The maximum Gasteiger partial charge on any atom is 0.405 e. The highest BCUT2D eigenvalue weighted by atomic mass is 19.4. The predicted molar refractivity (Wildman–Crippen MR) is 54.9 cm³/mol. The van der Waals surface area contributed by atoms with Gasteiger partial charge in [0, 0.05) is 6.54 Å². The lowest BCUT2D eigenvalue weighted by atomic mass is 9.89. The van der Waals surface area contributed by atoms with Crippen LogP contribution in [0.2, 0.25) is 0 Å². The highest BCUT2D eigenvalue weighted by molar-refractivity contribution is 5.74. The minimum Gasteiger partial charge on any atom is -0.331 e. The lowest BCUT2D eigenvalue weighted by Gasteiger charge is -2.33. The van der Waals surface area contributed by atoms with Gasteiger partial charge in [0.05, 0.1) is 5.54 Å². The van der Waals surface area contributed by atoms with Crippen molar-refractivity contribution in [3.05, 3.63) is 0 Å². The number of hydrogen-bond acceptors (Lipinski definition) is 2. The average molecular weight is 241 g/mol. The van der Waals surface area contributed by atoms with Gasteiger partial charge in [-0.15, -0.1) is 0 Å². The molecule has 0 heterocycles. The topological polar surface area (TPSA) is 67.1 Å². The summed E-state index contributed by atoms with van der Waals surface area (Å²) < 4.78 is 35.5. The summed E-state index contributed by atoms with van der Waals surface area (Å²) in [5.41, 5.74) is 4.76. The Balaban J connectivity index is 4.23. The molecule has 0 aliphatic rings. The van der Waals surface area contributed by atoms with E-state index in [0.717, 1.165) is 0 Å². The van der Waals surface area contributed by atoms with Gasteiger partial charge in [-0.2, -0.15) is 13.2 Å². The lowest BCUT2D eigenvalue weighted by Crippen LogP contribution is -2.58. The van der Waals surface area contributed by atoms with E-state index in [-0.39, 0.29) is 12.5 Å². The molecule has 1 unspecified atom stereocenters. The number of carbonyl (C=O) groups excluding carboxylic acids is 1. The van der Waals surface area contributed by atoms with Gasteiger partial charge in [0.15, 0.2) is 0 Å². The maximum atomic E-state index is 11.8.